The van der Waals surface area contributed by atoms with Crippen LogP contribution in [-0.2, 0) is 15.3 Å². The Hall–Kier alpha value is -2.42. The number of benzene rings is 3. The lowest BCUT2D eigenvalue weighted by Crippen LogP contribution is -2.36. The van der Waals surface area contributed by atoms with Gasteiger partial charge in [0.1, 0.15) is 16.8 Å². The average Bonchev–Trinajstić information content (AvgIpc) is 3.34. The highest BCUT2D eigenvalue weighted by Gasteiger charge is 2.40. The number of rotatable bonds is 18. The predicted molar refractivity (Wildman–Crippen MR) is 202 cm³/mol. The Morgan fingerprint density at radius 3 is 2.09 bits per heavy atom. The first-order chi connectivity index (χ1) is 22.8. The summed E-state index contributed by atoms with van der Waals surface area (Å²) in [7, 11) is 0. The molecule has 47 heavy (non-hydrogen) atoms. The zero-order valence-electron chi connectivity index (χ0n) is 26.7. The molecule has 1 atom stereocenters. The molecule has 1 fully saturated rings. The molecule has 3 aromatic carbocycles. The topological polar surface area (TPSA) is 73.8 Å². The van der Waals surface area contributed by atoms with Crippen LogP contribution in [0.5, 0.6) is 0 Å². The molecule has 11 heteroatoms. The number of anilines is 2. The van der Waals surface area contributed by atoms with Crippen molar-refractivity contribution in [1.29, 1.82) is 0 Å². The normalized spacial score (nSPS) is 15.3. The van der Waals surface area contributed by atoms with Gasteiger partial charge in [-0.05, 0) is 42.3 Å². The van der Waals surface area contributed by atoms with E-state index in [9.17, 15) is 9.59 Å². The maximum absolute atomic E-state index is 13.8. The lowest BCUT2D eigenvalue weighted by atomic mass is 10.1. The van der Waals surface area contributed by atoms with E-state index >= 15 is 0 Å². The van der Waals surface area contributed by atoms with Crippen molar-refractivity contribution < 1.29 is 9.59 Å². The molecule has 0 aromatic heterocycles. The summed E-state index contributed by atoms with van der Waals surface area (Å²) in [6, 6.07) is 18.1. The largest absolute Gasteiger partial charge is 0.326 e. The molecule has 1 saturated heterocycles. The number of hydrogen-bond donors (Lipinski definition) is 2. The smallest absolute Gasteiger partial charge is 0.266 e. The molecule has 1 unspecified atom stereocenters. The predicted octanol–water partition coefficient (Wildman–Crippen LogP) is 11.8. The molecular weight excluding hydrogens is 694 g/mol. The Morgan fingerprint density at radius 1 is 0.830 bits per heavy atom. The number of aliphatic imine (C=N–C) groups is 1. The van der Waals surface area contributed by atoms with Crippen molar-refractivity contribution in [1.82, 2.24) is 5.43 Å². The van der Waals surface area contributed by atoms with Gasteiger partial charge >= 0.3 is 0 Å². The lowest BCUT2D eigenvalue weighted by molar-refractivity contribution is -0.117. The second-order valence-electron chi connectivity index (χ2n) is 11.7. The molecule has 2 amide bonds. The zero-order chi connectivity index (χ0) is 33.6. The molecule has 252 valence electrons. The Balaban J connectivity index is 1.39. The highest BCUT2D eigenvalue weighted by atomic mass is 35.5. The fourth-order valence-corrected chi connectivity index (χ4v) is 7.55. The van der Waals surface area contributed by atoms with Crippen LogP contribution in [0.25, 0.3) is 0 Å². The average molecular weight is 737 g/mol. The van der Waals surface area contributed by atoms with Crippen LogP contribution < -0.4 is 15.8 Å². The lowest BCUT2D eigenvalue weighted by Gasteiger charge is -2.19. The van der Waals surface area contributed by atoms with E-state index < -0.39 is 5.25 Å². The van der Waals surface area contributed by atoms with Crippen molar-refractivity contribution in [3.8, 4) is 0 Å². The van der Waals surface area contributed by atoms with E-state index in [0.29, 0.717) is 39.4 Å². The van der Waals surface area contributed by atoms with Crippen LogP contribution in [0, 0.1) is 0 Å². The van der Waals surface area contributed by atoms with Gasteiger partial charge in [-0.3, -0.25) is 15.0 Å². The number of hydrazine groups is 1. The van der Waals surface area contributed by atoms with Crippen LogP contribution in [0.4, 0.5) is 17.1 Å². The van der Waals surface area contributed by atoms with Crippen LogP contribution in [0.2, 0.25) is 20.1 Å². The third kappa shape index (κ3) is 11.6. The number of carbonyl (C=O) groups excluding carboxylic acids is 2. The zero-order valence-corrected chi connectivity index (χ0v) is 30.5. The van der Waals surface area contributed by atoms with E-state index in [2.05, 4.69) is 17.7 Å². The highest BCUT2D eigenvalue weighted by molar-refractivity contribution is 8.00. The number of carbonyl (C=O) groups is 2. The summed E-state index contributed by atoms with van der Waals surface area (Å²) < 4.78 is 0. The van der Waals surface area contributed by atoms with Gasteiger partial charge in [0.15, 0.2) is 0 Å². The molecule has 1 aliphatic heterocycles. The van der Waals surface area contributed by atoms with Crippen molar-refractivity contribution in [2.75, 3.05) is 10.3 Å². The maximum atomic E-state index is 13.8. The molecule has 6 nitrogen and oxygen atoms in total. The van der Waals surface area contributed by atoms with Gasteiger partial charge in [0.2, 0.25) is 5.91 Å². The van der Waals surface area contributed by atoms with Crippen molar-refractivity contribution in [3.05, 3.63) is 86.3 Å². The molecule has 1 aliphatic rings. The third-order valence-electron chi connectivity index (χ3n) is 7.86. The molecular formula is C36H42Cl4N4O2S. The minimum atomic E-state index is -0.701. The van der Waals surface area contributed by atoms with Gasteiger partial charge in [-0.1, -0.05) is 148 Å². The number of thioether (sulfide) groups is 1. The third-order valence-corrected chi connectivity index (χ3v) is 10.2. The van der Waals surface area contributed by atoms with Crippen molar-refractivity contribution in [3.63, 3.8) is 0 Å². The van der Waals surface area contributed by atoms with Gasteiger partial charge in [-0.2, -0.15) is 0 Å². The van der Waals surface area contributed by atoms with Crippen LogP contribution >= 0.6 is 58.2 Å². The molecule has 0 saturated carbocycles. The molecule has 0 aliphatic carbocycles. The van der Waals surface area contributed by atoms with Gasteiger partial charge in [0, 0.05) is 22.9 Å². The number of hydrogen-bond acceptors (Lipinski definition) is 4. The minimum Gasteiger partial charge on any atom is -0.326 e. The van der Waals surface area contributed by atoms with Gasteiger partial charge < -0.3 is 5.32 Å². The van der Waals surface area contributed by atoms with Crippen LogP contribution in [0.3, 0.4) is 0 Å². The maximum Gasteiger partial charge on any atom is 0.266 e. The molecule has 0 spiro atoms. The van der Waals surface area contributed by atoms with Crippen LogP contribution in [0.1, 0.15) is 89.5 Å². The Morgan fingerprint density at radius 2 is 1.45 bits per heavy atom. The summed E-state index contributed by atoms with van der Waals surface area (Å²) in [5.41, 5.74) is 5.44. The standard InChI is InChI=1S/C36H42Cl4N4O2S/c1-2-3-4-5-6-7-8-9-10-11-15-18-32(45)41-27-19-20-28(38)31(23-27)42-35-34(47-24-25-16-13-12-14-17-25)36(46)44(43-35)33-29(39)21-26(37)22-30(33)40/h12-14,16-17,19-23,34H,2-11,15,18,24H2,1H3,(H,41,45)(H,42,43). The number of halogens is 4. The SMILES string of the molecule is CCCCCCCCCCCCCC(=O)Nc1ccc(Cl)c(N=C2NN(c3c(Cl)cc(Cl)cc3Cl)C(=O)C2SCc2ccccc2)c1. The summed E-state index contributed by atoms with van der Waals surface area (Å²) in [4.78, 5) is 31.3. The fraction of sp³-hybridized carbons (Fsp3) is 0.417. The monoisotopic (exact) mass is 734 g/mol. The van der Waals surface area contributed by atoms with Gasteiger partial charge in [0.05, 0.1) is 20.8 Å². The molecule has 1 heterocycles. The van der Waals surface area contributed by atoms with Crippen LogP contribution in [0.15, 0.2) is 65.7 Å². The van der Waals surface area contributed by atoms with Crippen molar-refractivity contribution in [2.24, 2.45) is 4.99 Å². The van der Waals surface area contributed by atoms with E-state index in [0.717, 1.165) is 24.8 Å². The number of nitrogens with one attached hydrogen (secondary N) is 2. The summed E-state index contributed by atoms with van der Waals surface area (Å²) in [6.45, 7) is 2.24. The van der Waals surface area contributed by atoms with Crippen molar-refractivity contribution >= 4 is 92.9 Å². The first-order valence-electron chi connectivity index (χ1n) is 16.4. The highest BCUT2D eigenvalue weighted by Crippen LogP contribution is 2.39. The van der Waals surface area contributed by atoms with E-state index in [1.54, 1.807) is 18.2 Å². The number of amides is 2. The van der Waals surface area contributed by atoms with E-state index in [-0.39, 0.29) is 27.5 Å². The van der Waals surface area contributed by atoms with Gasteiger partial charge in [-0.25, -0.2) is 10.0 Å². The number of nitrogens with zero attached hydrogens (tertiary/aromatic N) is 2. The Kier molecular flexibility index (Phi) is 15.6. The summed E-state index contributed by atoms with van der Waals surface area (Å²) in [6.07, 6.45) is 14.0. The molecule has 0 bridgehead atoms. The summed E-state index contributed by atoms with van der Waals surface area (Å²) >= 11 is 27.1. The Labute approximate surface area is 302 Å². The molecule has 2 N–H and O–H groups in total. The summed E-state index contributed by atoms with van der Waals surface area (Å²) in [5.74, 6) is 0.592. The van der Waals surface area contributed by atoms with E-state index in [4.69, 9.17) is 51.4 Å². The second kappa shape index (κ2) is 19.5. The van der Waals surface area contributed by atoms with Gasteiger partial charge in [-0.15, -0.1) is 11.8 Å². The van der Waals surface area contributed by atoms with E-state index in [1.165, 1.54) is 80.3 Å². The second-order valence-corrected chi connectivity index (χ2v) is 14.4. The van der Waals surface area contributed by atoms with Crippen molar-refractivity contribution in [2.45, 2.75) is 95.0 Å². The first kappa shape index (κ1) is 37.4. The molecule has 3 aromatic rings. The number of unbranched alkanes of at least 4 members (excludes halogenated alkanes) is 10. The minimum absolute atomic E-state index is 0.0505. The van der Waals surface area contributed by atoms with Gasteiger partial charge in [0.25, 0.3) is 5.91 Å². The van der Waals surface area contributed by atoms with Crippen LogP contribution in [-0.4, -0.2) is 22.9 Å². The number of amidine groups is 1. The summed E-state index contributed by atoms with van der Waals surface area (Å²) in [5, 5.41) is 4.75. The van der Waals surface area contributed by atoms with E-state index in [1.807, 2.05) is 30.3 Å². The first-order valence-corrected chi connectivity index (χ1v) is 18.9. The molecule has 0 radical (unpaired) electrons. The quantitative estimate of drug-likeness (QED) is 0.128. The fourth-order valence-electron chi connectivity index (χ4n) is 5.34. The molecule has 4 rings (SSSR count). The Bertz CT molecular complexity index is 1500.